The number of ether oxygens (including phenoxy) is 1. The average molecular weight is 282 g/mol. The van der Waals surface area contributed by atoms with Gasteiger partial charge in [-0.15, -0.1) is 11.3 Å². The van der Waals surface area contributed by atoms with Crippen molar-refractivity contribution in [3.05, 3.63) is 16.1 Å². The van der Waals surface area contributed by atoms with Crippen molar-refractivity contribution in [3.8, 4) is 0 Å². The molecule has 0 saturated carbocycles. The average Bonchev–Trinajstić information content (AvgIpc) is 2.74. The van der Waals surface area contributed by atoms with E-state index in [1.165, 1.54) is 11.3 Å². The van der Waals surface area contributed by atoms with Crippen LogP contribution in [0.3, 0.4) is 0 Å². The molecule has 1 heterocycles. The third kappa shape index (κ3) is 4.91. The van der Waals surface area contributed by atoms with Crippen LogP contribution in [0.5, 0.6) is 0 Å². The molecule has 1 atom stereocenters. The Morgan fingerprint density at radius 3 is 2.78 bits per heavy atom. The lowest BCUT2D eigenvalue weighted by molar-refractivity contribution is -0.160. The predicted octanol–water partition coefficient (Wildman–Crippen LogP) is 3.06. The zero-order chi connectivity index (χ0) is 13.8. The number of carbonyl (C=O) groups is 1. The molecule has 0 aromatic carbocycles. The van der Waals surface area contributed by atoms with Crippen molar-refractivity contribution in [2.75, 3.05) is 6.61 Å². The van der Waals surface area contributed by atoms with Crippen LogP contribution >= 0.6 is 11.3 Å². The number of rotatable bonds is 4. The molecule has 0 radical (unpaired) electrons. The third-order valence-electron chi connectivity index (χ3n) is 1.99. The summed E-state index contributed by atoms with van der Waals surface area (Å²) in [5.41, 5.74) is 0. The summed E-state index contributed by atoms with van der Waals surface area (Å²) in [5.74, 6) is 0. The highest BCUT2D eigenvalue weighted by atomic mass is 32.1. The number of nitrogens with zero attached hydrogens (tertiary/aromatic N) is 1. The van der Waals surface area contributed by atoms with Gasteiger partial charge in [0.2, 0.25) is 0 Å². The van der Waals surface area contributed by atoms with Gasteiger partial charge in [0.25, 0.3) is 0 Å². The smallest absolute Gasteiger partial charge is 0.422 e. The Kier molecular flexibility index (Phi) is 4.94. The molecule has 1 aromatic rings. The number of aryl methyl sites for hydroxylation is 1. The van der Waals surface area contributed by atoms with Gasteiger partial charge >= 0.3 is 12.3 Å². The Bertz CT molecular complexity index is 406. The van der Waals surface area contributed by atoms with Crippen LogP contribution in [-0.2, 0) is 11.2 Å². The maximum Gasteiger partial charge on any atom is 0.422 e. The molecule has 1 unspecified atom stereocenters. The molecule has 8 heteroatoms. The predicted molar refractivity (Wildman–Crippen MR) is 60.4 cm³/mol. The molecule has 0 fully saturated rings. The van der Waals surface area contributed by atoms with E-state index in [2.05, 4.69) is 15.0 Å². The summed E-state index contributed by atoms with van der Waals surface area (Å²) < 4.78 is 39.5. The van der Waals surface area contributed by atoms with Crippen LogP contribution in [0.2, 0.25) is 0 Å². The highest BCUT2D eigenvalue weighted by Crippen LogP contribution is 2.20. The lowest BCUT2D eigenvalue weighted by atomic mass is 10.4. The van der Waals surface area contributed by atoms with Gasteiger partial charge in [0.05, 0.1) is 6.04 Å². The fourth-order valence-corrected chi connectivity index (χ4v) is 1.97. The highest BCUT2D eigenvalue weighted by molar-refractivity contribution is 7.11. The third-order valence-corrected chi connectivity index (χ3v) is 3.32. The van der Waals surface area contributed by atoms with Crippen molar-refractivity contribution in [1.82, 2.24) is 10.3 Å². The van der Waals surface area contributed by atoms with Crippen LogP contribution in [0.25, 0.3) is 0 Å². The maximum atomic E-state index is 11.8. The van der Waals surface area contributed by atoms with Crippen LogP contribution in [0.15, 0.2) is 6.20 Å². The van der Waals surface area contributed by atoms with Crippen molar-refractivity contribution in [2.45, 2.75) is 32.5 Å². The fraction of sp³-hybridized carbons (Fsp3) is 0.600. The van der Waals surface area contributed by atoms with Gasteiger partial charge in [-0.3, -0.25) is 0 Å². The zero-order valence-corrected chi connectivity index (χ0v) is 10.7. The molecule has 0 spiro atoms. The summed E-state index contributed by atoms with van der Waals surface area (Å²) in [5, 5.41) is 2.93. The van der Waals surface area contributed by atoms with E-state index < -0.39 is 24.9 Å². The SMILES string of the molecule is CCc1cnc(C(C)NC(=O)OCC(F)(F)F)s1. The lowest BCUT2D eigenvalue weighted by Crippen LogP contribution is -2.30. The minimum absolute atomic E-state index is 0.476. The quantitative estimate of drug-likeness (QED) is 0.923. The second-order valence-corrected chi connectivity index (χ2v) is 4.72. The summed E-state index contributed by atoms with van der Waals surface area (Å²) in [6, 6.07) is -0.476. The molecule has 1 rings (SSSR count). The van der Waals surface area contributed by atoms with Gasteiger partial charge in [-0.2, -0.15) is 13.2 Å². The second kappa shape index (κ2) is 6.03. The first-order valence-electron chi connectivity index (χ1n) is 5.26. The van der Waals surface area contributed by atoms with Gasteiger partial charge in [-0.1, -0.05) is 6.92 Å². The molecule has 0 bridgehead atoms. The molecular weight excluding hydrogens is 269 g/mol. The minimum Gasteiger partial charge on any atom is -0.440 e. The largest absolute Gasteiger partial charge is 0.440 e. The normalized spacial score (nSPS) is 13.2. The summed E-state index contributed by atoms with van der Waals surface area (Å²) in [4.78, 5) is 16.2. The second-order valence-electron chi connectivity index (χ2n) is 3.58. The summed E-state index contributed by atoms with van der Waals surface area (Å²) >= 11 is 1.40. The first-order valence-corrected chi connectivity index (χ1v) is 6.08. The number of alkyl carbamates (subject to hydrolysis) is 1. The van der Waals surface area contributed by atoms with Gasteiger partial charge in [0, 0.05) is 11.1 Å². The molecule has 102 valence electrons. The molecule has 0 aliphatic carbocycles. The number of carbonyl (C=O) groups excluding carboxylic acids is 1. The molecule has 18 heavy (non-hydrogen) atoms. The Morgan fingerprint density at radius 2 is 2.28 bits per heavy atom. The number of aromatic nitrogens is 1. The molecule has 0 aliphatic heterocycles. The molecule has 1 aromatic heterocycles. The van der Waals surface area contributed by atoms with E-state index in [1.807, 2.05) is 6.92 Å². The number of nitrogens with one attached hydrogen (secondary N) is 1. The minimum atomic E-state index is -4.52. The topological polar surface area (TPSA) is 51.2 Å². The molecule has 4 nitrogen and oxygen atoms in total. The monoisotopic (exact) mass is 282 g/mol. The zero-order valence-electron chi connectivity index (χ0n) is 9.87. The first kappa shape index (κ1) is 14.7. The molecule has 1 N–H and O–H groups in total. The Labute approximate surface area is 106 Å². The van der Waals surface area contributed by atoms with Gasteiger partial charge in [-0.25, -0.2) is 9.78 Å². The van der Waals surface area contributed by atoms with E-state index in [0.29, 0.717) is 5.01 Å². The maximum absolute atomic E-state index is 11.8. The van der Waals surface area contributed by atoms with Crippen LogP contribution < -0.4 is 5.32 Å². The molecule has 0 aliphatic rings. The number of hydrogen-bond donors (Lipinski definition) is 1. The number of halogens is 3. The Morgan fingerprint density at radius 1 is 1.61 bits per heavy atom. The summed E-state index contributed by atoms with van der Waals surface area (Å²) in [6.45, 7) is 2.00. The highest BCUT2D eigenvalue weighted by Gasteiger charge is 2.29. The fourth-order valence-electron chi connectivity index (χ4n) is 1.11. The Hall–Kier alpha value is -1.31. The molecule has 1 amide bonds. The van der Waals surface area contributed by atoms with E-state index in [9.17, 15) is 18.0 Å². The summed E-state index contributed by atoms with van der Waals surface area (Å²) in [6.07, 6.45) is -3.12. The van der Waals surface area contributed by atoms with Crippen molar-refractivity contribution in [3.63, 3.8) is 0 Å². The van der Waals surface area contributed by atoms with Crippen molar-refractivity contribution in [1.29, 1.82) is 0 Å². The summed E-state index contributed by atoms with van der Waals surface area (Å²) in [7, 11) is 0. The lowest BCUT2D eigenvalue weighted by Gasteiger charge is -2.12. The van der Waals surface area contributed by atoms with E-state index in [-0.39, 0.29) is 0 Å². The molecular formula is C10H13F3N2O2S. The van der Waals surface area contributed by atoms with Crippen LogP contribution in [0.1, 0.15) is 29.8 Å². The van der Waals surface area contributed by atoms with Crippen LogP contribution in [0, 0.1) is 0 Å². The number of thiazole rings is 1. The van der Waals surface area contributed by atoms with E-state index in [4.69, 9.17) is 0 Å². The van der Waals surface area contributed by atoms with Crippen LogP contribution in [0.4, 0.5) is 18.0 Å². The van der Waals surface area contributed by atoms with Gasteiger partial charge in [0.1, 0.15) is 5.01 Å². The molecule has 0 saturated heterocycles. The number of amides is 1. The number of alkyl halides is 3. The van der Waals surface area contributed by atoms with E-state index in [0.717, 1.165) is 11.3 Å². The first-order chi connectivity index (χ1) is 8.31. The van der Waals surface area contributed by atoms with Crippen LogP contribution in [-0.4, -0.2) is 23.9 Å². The van der Waals surface area contributed by atoms with Gasteiger partial charge in [-0.05, 0) is 13.3 Å². The van der Waals surface area contributed by atoms with E-state index in [1.54, 1.807) is 13.1 Å². The van der Waals surface area contributed by atoms with Gasteiger partial charge in [0.15, 0.2) is 6.61 Å². The van der Waals surface area contributed by atoms with E-state index >= 15 is 0 Å². The van der Waals surface area contributed by atoms with Crippen molar-refractivity contribution >= 4 is 17.4 Å². The van der Waals surface area contributed by atoms with Gasteiger partial charge < -0.3 is 10.1 Å². The number of hydrogen-bond acceptors (Lipinski definition) is 4. The Balaban J connectivity index is 2.44. The standard InChI is InChI=1S/C10H13F3N2O2S/c1-3-7-4-14-8(18-7)6(2)15-9(16)17-5-10(11,12)13/h4,6H,3,5H2,1-2H3,(H,15,16). The van der Waals surface area contributed by atoms with Crippen molar-refractivity contribution < 1.29 is 22.7 Å². The van der Waals surface area contributed by atoms with Crippen molar-refractivity contribution in [2.24, 2.45) is 0 Å².